The molecule has 0 spiro atoms. The number of esters is 1. The van der Waals surface area contributed by atoms with Crippen LogP contribution in [-0.2, 0) is 10.9 Å². The quantitative estimate of drug-likeness (QED) is 0.661. The van der Waals surface area contributed by atoms with Crippen molar-refractivity contribution in [3.63, 3.8) is 0 Å². The monoisotopic (exact) mass is 378 g/mol. The van der Waals surface area contributed by atoms with Crippen molar-refractivity contribution >= 4 is 22.4 Å². The summed E-state index contributed by atoms with van der Waals surface area (Å²) in [6.07, 6.45) is -4.40. The first-order chi connectivity index (χ1) is 12.3. The van der Waals surface area contributed by atoms with Crippen molar-refractivity contribution in [3.05, 3.63) is 59.8 Å². The summed E-state index contributed by atoms with van der Waals surface area (Å²) in [5.41, 5.74) is 6.98. The SMILES string of the molecule is COC(=O)c1nc(N)sc1-c1ccccc1-c1ccc(C(F)(F)F)cc1. The molecule has 0 bridgehead atoms. The number of thiazole rings is 1. The third-order valence-corrected chi connectivity index (χ3v) is 4.64. The van der Waals surface area contributed by atoms with Gasteiger partial charge in [-0.25, -0.2) is 9.78 Å². The van der Waals surface area contributed by atoms with E-state index in [1.807, 2.05) is 0 Å². The van der Waals surface area contributed by atoms with Crippen LogP contribution in [0.1, 0.15) is 16.1 Å². The molecule has 0 aliphatic rings. The van der Waals surface area contributed by atoms with Gasteiger partial charge in [-0.3, -0.25) is 0 Å². The minimum atomic E-state index is -4.40. The molecule has 3 aromatic rings. The fraction of sp³-hybridized carbons (Fsp3) is 0.111. The van der Waals surface area contributed by atoms with E-state index in [2.05, 4.69) is 4.98 Å². The van der Waals surface area contributed by atoms with Crippen molar-refractivity contribution in [1.82, 2.24) is 4.98 Å². The van der Waals surface area contributed by atoms with E-state index < -0.39 is 17.7 Å². The Bertz CT molecular complexity index is 950. The van der Waals surface area contributed by atoms with Gasteiger partial charge in [0.05, 0.1) is 17.6 Å². The maximum atomic E-state index is 12.8. The Balaban J connectivity index is 2.12. The van der Waals surface area contributed by atoms with Gasteiger partial charge in [0.15, 0.2) is 10.8 Å². The molecule has 2 N–H and O–H groups in total. The zero-order valence-electron chi connectivity index (χ0n) is 13.5. The van der Waals surface area contributed by atoms with Gasteiger partial charge in [-0.1, -0.05) is 47.7 Å². The van der Waals surface area contributed by atoms with Crippen molar-refractivity contribution in [1.29, 1.82) is 0 Å². The van der Waals surface area contributed by atoms with Crippen LogP contribution in [0.2, 0.25) is 0 Å². The molecule has 134 valence electrons. The lowest BCUT2D eigenvalue weighted by atomic mass is 9.97. The highest BCUT2D eigenvalue weighted by Gasteiger charge is 2.30. The summed E-state index contributed by atoms with van der Waals surface area (Å²) >= 11 is 1.11. The van der Waals surface area contributed by atoms with Crippen molar-refractivity contribution in [2.75, 3.05) is 12.8 Å². The van der Waals surface area contributed by atoms with Crippen molar-refractivity contribution < 1.29 is 22.7 Å². The lowest BCUT2D eigenvalue weighted by Crippen LogP contribution is -2.04. The molecule has 0 saturated carbocycles. The third kappa shape index (κ3) is 3.41. The Kier molecular flexibility index (Phi) is 4.69. The van der Waals surface area contributed by atoms with Crippen LogP contribution in [0.5, 0.6) is 0 Å². The standard InChI is InChI=1S/C18H13F3N2O2S/c1-25-16(24)14-15(26-17(22)23-14)13-5-3-2-4-12(13)10-6-8-11(9-7-10)18(19,20)21/h2-9H,1H3,(H2,22,23). The van der Waals surface area contributed by atoms with E-state index in [1.165, 1.54) is 19.2 Å². The van der Waals surface area contributed by atoms with E-state index in [0.717, 1.165) is 23.5 Å². The number of carbonyl (C=O) groups is 1. The zero-order chi connectivity index (χ0) is 18.9. The molecule has 1 aromatic heterocycles. The number of aromatic nitrogens is 1. The molecule has 2 aromatic carbocycles. The van der Waals surface area contributed by atoms with Gasteiger partial charge in [-0.2, -0.15) is 13.2 Å². The summed E-state index contributed by atoms with van der Waals surface area (Å²) in [7, 11) is 1.24. The third-order valence-electron chi connectivity index (χ3n) is 3.72. The predicted octanol–water partition coefficient (Wildman–Crippen LogP) is 4.86. The van der Waals surface area contributed by atoms with Crippen LogP contribution in [0.25, 0.3) is 21.6 Å². The number of alkyl halides is 3. The molecule has 0 fully saturated rings. The van der Waals surface area contributed by atoms with Crippen LogP contribution in [0, 0.1) is 0 Å². The molecule has 0 aliphatic carbocycles. The second-order valence-electron chi connectivity index (χ2n) is 5.34. The van der Waals surface area contributed by atoms with Crippen molar-refractivity contribution in [3.8, 4) is 21.6 Å². The molecule has 0 saturated heterocycles. The fourth-order valence-electron chi connectivity index (χ4n) is 2.53. The average Bonchev–Trinajstić information content (AvgIpc) is 3.02. The molecule has 8 heteroatoms. The number of rotatable bonds is 3. The molecule has 0 radical (unpaired) electrons. The van der Waals surface area contributed by atoms with Gasteiger partial charge < -0.3 is 10.5 Å². The highest BCUT2D eigenvalue weighted by molar-refractivity contribution is 7.19. The van der Waals surface area contributed by atoms with E-state index >= 15 is 0 Å². The van der Waals surface area contributed by atoms with Crippen LogP contribution < -0.4 is 5.73 Å². The van der Waals surface area contributed by atoms with Gasteiger partial charge in [0.2, 0.25) is 0 Å². The van der Waals surface area contributed by atoms with E-state index in [0.29, 0.717) is 21.6 Å². The molecule has 4 nitrogen and oxygen atoms in total. The number of hydrogen-bond acceptors (Lipinski definition) is 5. The number of nitrogens with two attached hydrogens (primary N) is 1. The molecule has 0 atom stereocenters. The van der Waals surface area contributed by atoms with Crippen LogP contribution in [0.4, 0.5) is 18.3 Å². The highest BCUT2D eigenvalue weighted by atomic mass is 32.1. The topological polar surface area (TPSA) is 65.2 Å². The van der Waals surface area contributed by atoms with E-state index in [9.17, 15) is 18.0 Å². The van der Waals surface area contributed by atoms with Crippen LogP contribution in [0.3, 0.4) is 0 Å². The smallest absolute Gasteiger partial charge is 0.416 e. The lowest BCUT2D eigenvalue weighted by Gasteiger charge is -2.11. The summed E-state index contributed by atoms with van der Waals surface area (Å²) in [5.74, 6) is -0.629. The lowest BCUT2D eigenvalue weighted by molar-refractivity contribution is -0.137. The number of carbonyl (C=O) groups excluding carboxylic acids is 1. The molecule has 26 heavy (non-hydrogen) atoms. The van der Waals surface area contributed by atoms with Crippen LogP contribution in [-0.4, -0.2) is 18.1 Å². The molecular weight excluding hydrogens is 365 g/mol. The van der Waals surface area contributed by atoms with Crippen LogP contribution >= 0.6 is 11.3 Å². The average molecular weight is 378 g/mol. The molecule has 1 heterocycles. The summed E-state index contributed by atoms with van der Waals surface area (Å²) in [6, 6.07) is 11.9. The number of nitrogens with zero attached hydrogens (tertiary/aromatic N) is 1. The Labute approximate surface area is 151 Å². The molecular formula is C18H13F3N2O2S. The Hall–Kier alpha value is -2.87. The maximum Gasteiger partial charge on any atom is 0.416 e. The summed E-state index contributed by atoms with van der Waals surface area (Å²) in [4.78, 5) is 16.5. The van der Waals surface area contributed by atoms with Crippen molar-refractivity contribution in [2.24, 2.45) is 0 Å². The van der Waals surface area contributed by atoms with Gasteiger partial charge in [-0.05, 0) is 23.3 Å². The maximum absolute atomic E-state index is 12.8. The van der Waals surface area contributed by atoms with Gasteiger partial charge >= 0.3 is 12.1 Å². The number of benzene rings is 2. The number of methoxy groups -OCH3 is 1. The largest absolute Gasteiger partial charge is 0.464 e. The zero-order valence-corrected chi connectivity index (χ0v) is 14.3. The number of halogens is 3. The first-order valence-corrected chi connectivity index (χ1v) is 8.24. The van der Waals surface area contributed by atoms with Crippen molar-refractivity contribution in [2.45, 2.75) is 6.18 Å². The molecule has 0 aliphatic heterocycles. The minimum Gasteiger partial charge on any atom is -0.464 e. The Morgan fingerprint density at radius 1 is 1.08 bits per heavy atom. The molecule has 3 rings (SSSR count). The molecule has 0 amide bonds. The molecule has 0 unspecified atom stereocenters. The first-order valence-electron chi connectivity index (χ1n) is 7.43. The summed E-state index contributed by atoms with van der Waals surface area (Å²) in [5, 5.41) is 0.197. The first kappa shape index (κ1) is 17.9. The van der Waals surface area contributed by atoms with E-state index in [1.54, 1.807) is 24.3 Å². The summed E-state index contributed by atoms with van der Waals surface area (Å²) < 4.78 is 43.1. The number of ether oxygens (including phenoxy) is 1. The number of hydrogen-bond donors (Lipinski definition) is 1. The van der Waals surface area contributed by atoms with Gasteiger partial charge in [0.1, 0.15) is 0 Å². The predicted molar refractivity (Wildman–Crippen MR) is 93.7 cm³/mol. The van der Waals surface area contributed by atoms with E-state index in [4.69, 9.17) is 10.5 Å². The fourth-order valence-corrected chi connectivity index (χ4v) is 3.39. The van der Waals surface area contributed by atoms with Gasteiger partial charge in [0, 0.05) is 5.56 Å². The van der Waals surface area contributed by atoms with Gasteiger partial charge in [0.25, 0.3) is 0 Å². The Morgan fingerprint density at radius 2 is 1.69 bits per heavy atom. The Morgan fingerprint density at radius 3 is 2.27 bits per heavy atom. The second kappa shape index (κ2) is 6.80. The minimum absolute atomic E-state index is 0.0781. The highest BCUT2D eigenvalue weighted by Crippen LogP contribution is 2.39. The van der Waals surface area contributed by atoms with Crippen LogP contribution in [0.15, 0.2) is 48.5 Å². The summed E-state index contributed by atoms with van der Waals surface area (Å²) in [6.45, 7) is 0. The number of nitrogen functional groups attached to an aromatic ring is 1. The second-order valence-corrected chi connectivity index (χ2v) is 6.37. The van der Waals surface area contributed by atoms with Gasteiger partial charge in [-0.15, -0.1) is 0 Å². The van der Waals surface area contributed by atoms with E-state index in [-0.39, 0.29) is 10.8 Å². The number of anilines is 1. The normalized spacial score (nSPS) is 11.4.